The number of benzene rings is 1. The van der Waals surface area contributed by atoms with Gasteiger partial charge in [0.25, 0.3) is 0 Å². The van der Waals surface area contributed by atoms with Crippen molar-refractivity contribution in [3.63, 3.8) is 0 Å². The summed E-state index contributed by atoms with van der Waals surface area (Å²) in [5, 5.41) is 2.47. The van der Waals surface area contributed by atoms with Crippen molar-refractivity contribution < 1.29 is 9.13 Å². The fourth-order valence-electron chi connectivity index (χ4n) is 1.17. The number of ether oxygens (including phenoxy) is 1. The van der Waals surface area contributed by atoms with Crippen LogP contribution >= 0.6 is 27.3 Å². The smallest absolute Gasteiger partial charge is 0.137 e. The lowest BCUT2D eigenvalue weighted by molar-refractivity contribution is 0.411. The Kier molecular flexibility index (Phi) is 3.02. The molecule has 2 nitrogen and oxygen atoms in total. The molecule has 2 aromatic rings. The second-order valence-electron chi connectivity index (χ2n) is 2.82. The number of methoxy groups -OCH3 is 1. The van der Waals surface area contributed by atoms with Crippen LogP contribution in [-0.2, 0) is 0 Å². The van der Waals surface area contributed by atoms with Crippen LogP contribution in [0.25, 0.3) is 10.6 Å². The lowest BCUT2D eigenvalue weighted by atomic mass is 10.2. The average Bonchev–Trinajstić information content (AvgIpc) is 2.64. The van der Waals surface area contributed by atoms with E-state index < -0.39 is 0 Å². The number of thiazole rings is 1. The molecular weight excluding hydrogens is 281 g/mol. The molecule has 0 spiro atoms. The standard InChI is InChI=1S/C10H7BrFNOS/c1-14-6-2-3-7(8(12)4-6)10-13-9(11)5-15-10/h2-5H,1H3. The van der Waals surface area contributed by atoms with Crippen LogP contribution in [0.15, 0.2) is 28.2 Å². The van der Waals surface area contributed by atoms with Crippen molar-refractivity contribution in [2.45, 2.75) is 0 Å². The highest BCUT2D eigenvalue weighted by Crippen LogP contribution is 2.29. The monoisotopic (exact) mass is 287 g/mol. The van der Waals surface area contributed by atoms with E-state index >= 15 is 0 Å². The van der Waals surface area contributed by atoms with Crippen LogP contribution in [0, 0.1) is 5.82 Å². The maximum absolute atomic E-state index is 13.6. The molecular formula is C10H7BrFNOS. The molecule has 0 atom stereocenters. The molecule has 15 heavy (non-hydrogen) atoms. The van der Waals surface area contributed by atoms with Crippen LogP contribution in [0.2, 0.25) is 0 Å². The second kappa shape index (κ2) is 4.28. The third kappa shape index (κ3) is 2.18. The Bertz CT molecular complexity index is 486. The third-order valence-corrected chi connectivity index (χ3v) is 3.47. The minimum Gasteiger partial charge on any atom is -0.497 e. The lowest BCUT2D eigenvalue weighted by Gasteiger charge is -2.02. The van der Waals surface area contributed by atoms with E-state index in [-0.39, 0.29) is 5.82 Å². The van der Waals surface area contributed by atoms with Crippen LogP contribution in [-0.4, -0.2) is 12.1 Å². The molecule has 0 aliphatic heterocycles. The fourth-order valence-corrected chi connectivity index (χ4v) is 2.45. The SMILES string of the molecule is COc1ccc(-c2nc(Br)cs2)c(F)c1. The first kappa shape index (κ1) is 10.6. The maximum atomic E-state index is 13.6. The normalized spacial score (nSPS) is 10.3. The molecule has 0 bridgehead atoms. The number of hydrogen-bond acceptors (Lipinski definition) is 3. The molecule has 0 radical (unpaired) electrons. The number of halogens is 2. The van der Waals surface area contributed by atoms with Gasteiger partial charge < -0.3 is 4.74 Å². The first-order chi connectivity index (χ1) is 7.20. The topological polar surface area (TPSA) is 22.1 Å². The number of aromatic nitrogens is 1. The van der Waals surface area contributed by atoms with Crippen LogP contribution < -0.4 is 4.74 Å². The van der Waals surface area contributed by atoms with E-state index in [1.165, 1.54) is 24.5 Å². The quantitative estimate of drug-likeness (QED) is 0.840. The minimum absolute atomic E-state index is 0.323. The van der Waals surface area contributed by atoms with E-state index in [0.29, 0.717) is 16.3 Å². The van der Waals surface area contributed by atoms with Gasteiger partial charge in [0.15, 0.2) is 0 Å². The Labute approximate surface area is 98.9 Å². The van der Waals surface area contributed by atoms with Crippen molar-refractivity contribution in [2.75, 3.05) is 7.11 Å². The van der Waals surface area contributed by atoms with Gasteiger partial charge in [-0.05, 0) is 28.1 Å². The second-order valence-corrected chi connectivity index (χ2v) is 4.49. The van der Waals surface area contributed by atoms with Crippen molar-refractivity contribution in [1.29, 1.82) is 0 Å². The van der Waals surface area contributed by atoms with E-state index in [0.717, 1.165) is 4.60 Å². The van der Waals surface area contributed by atoms with Gasteiger partial charge >= 0.3 is 0 Å². The maximum Gasteiger partial charge on any atom is 0.137 e. The van der Waals surface area contributed by atoms with Gasteiger partial charge in [0.05, 0.1) is 7.11 Å². The summed E-state index contributed by atoms with van der Waals surface area (Å²) in [6.45, 7) is 0. The van der Waals surface area contributed by atoms with Crippen LogP contribution in [0.3, 0.4) is 0 Å². The van der Waals surface area contributed by atoms with E-state index in [9.17, 15) is 4.39 Å². The van der Waals surface area contributed by atoms with Gasteiger partial charge in [-0.3, -0.25) is 0 Å². The van der Waals surface area contributed by atoms with E-state index in [2.05, 4.69) is 20.9 Å². The number of rotatable bonds is 2. The Morgan fingerprint density at radius 3 is 2.80 bits per heavy atom. The average molecular weight is 288 g/mol. The largest absolute Gasteiger partial charge is 0.497 e. The van der Waals surface area contributed by atoms with E-state index in [1.54, 1.807) is 12.1 Å². The van der Waals surface area contributed by atoms with Gasteiger partial charge in [-0.1, -0.05) is 0 Å². The summed E-state index contributed by atoms with van der Waals surface area (Å²) in [6.07, 6.45) is 0. The summed E-state index contributed by atoms with van der Waals surface area (Å²) in [7, 11) is 1.51. The molecule has 5 heteroatoms. The zero-order chi connectivity index (χ0) is 10.8. The minimum atomic E-state index is -0.323. The third-order valence-electron chi connectivity index (χ3n) is 1.88. The Morgan fingerprint density at radius 2 is 2.27 bits per heavy atom. The molecule has 0 saturated heterocycles. The molecule has 1 aromatic heterocycles. The summed E-state index contributed by atoms with van der Waals surface area (Å²) >= 11 is 4.63. The molecule has 0 amide bonds. The molecule has 1 heterocycles. The van der Waals surface area contributed by atoms with Crippen LogP contribution in [0.4, 0.5) is 4.39 Å². The summed E-state index contributed by atoms with van der Waals surface area (Å²) in [4.78, 5) is 4.15. The molecule has 2 rings (SSSR count). The van der Waals surface area contributed by atoms with Gasteiger partial charge in [0.1, 0.15) is 21.2 Å². The molecule has 0 aliphatic carbocycles. The van der Waals surface area contributed by atoms with Gasteiger partial charge in [-0.15, -0.1) is 11.3 Å². The first-order valence-electron chi connectivity index (χ1n) is 4.15. The zero-order valence-corrected chi connectivity index (χ0v) is 10.2. The molecule has 0 aliphatic rings. The van der Waals surface area contributed by atoms with Crippen LogP contribution in [0.1, 0.15) is 0 Å². The highest BCUT2D eigenvalue weighted by atomic mass is 79.9. The Hall–Kier alpha value is -0.940. The fraction of sp³-hybridized carbons (Fsp3) is 0.100. The zero-order valence-electron chi connectivity index (χ0n) is 7.83. The first-order valence-corrected chi connectivity index (χ1v) is 5.83. The van der Waals surface area contributed by atoms with E-state index in [1.807, 2.05) is 5.38 Å². The number of nitrogens with zero attached hydrogens (tertiary/aromatic N) is 1. The van der Waals surface area contributed by atoms with Crippen molar-refractivity contribution in [2.24, 2.45) is 0 Å². The highest BCUT2D eigenvalue weighted by Gasteiger charge is 2.09. The molecule has 78 valence electrons. The predicted molar refractivity (Wildman–Crippen MR) is 61.8 cm³/mol. The van der Waals surface area contributed by atoms with E-state index in [4.69, 9.17) is 4.74 Å². The van der Waals surface area contributed by atoms with Crippen molar-refractivity contribution >= 4 is 27.3 Å². The molecule has 0 unspecified atom stereocenters. The van der Waals surface area contributed by atoms with Crippen molar-refractivity contribution in [1.82, 2.24) is 4.98 Å². The highest BCUT2D eigenvalue weighted by molar-refractivity contribution is 9.10. The Morgan fingerprint density at radius 1 is 1.47 bits per heavy atom. The lowest BCUT2D eigenvalue weighted by Crippen LogP contribution is -1.87. The summed E-state index contributed by atoms with van der Waals surface area (Å²) < 4.78 is 19.2. The van der Waals surface area contributed by atoms with Gasteiger partial charge in [0.2, 0.25) is 0 Å². The predicted octanol–water partition coefficient (Wildman–Crippen LogP) is 3.72. The summed E-state index contributed by atoms with van der Waals surface area (Å²) in [6, 6.07) is 4.73. The summed E-state index contributed by atoms with van der Waals surface area (Å²) in [5.74, 6) is 0.183. The van der Waals surface area contributed by atoms with Gasteiger partial charge in [-0.2, -0.15) is 0 Å². The molecule has 0 saturated carbocycles. The van der Waals surface area contributed by atoms with Gasteiger partial charge in [0, 0.05) is 17.0 Å². The number of hydrogen-bond donors (Lipinski definition) is 0. The van der Waals surface area contributed by atoms with Crippen molar-refractivity contribution in [3.8, 4) is 16.3 Å². The molecule has 0 N–H and O–H groups in total. The van der Waals surface area contributed by atoms with Crippen molar-refractivity contribution in [3.05, 3.63) is 34.0 Å². The van der Waals surface area contributed by atoms with Crippen LogP contribution in [0.5, 0.6) is 5.75 Å². The molecule has 1 aromatic carbocycles. The molecule has 0 fully saturated rings. The van der Waals surface area contributed by atoms with Gasteiger partial charge in [-0.25, -0.2) is 9.37 Å². The Balaban J connectivity index is 2.45. The summed E-state index contributed by atoms with van der Waals surface area (Å²) in [5.41, 5.74) is 0.492.